The Morgan fingerprint density at radius 2 is 1.48 bits per heavy atom. The minimum atomic E-state index is -0.0768. The first-order valence-electron chi connectivity index (χ1n) is 7.15. The molecule has 0 radical (unpaired) electrons. The van der Waals surface area contributed by atoms with Gasteiger partial charge in [0.2, 0.25) is 0 Å². The third kappa shape index (κ3) is 2.25. The van der Waals surface area contributed by atoms with Crippen molar-refractivity contribution >= 4 is 17.3 Å². The van der Waals surface area contributed by atoms with E-state index in [0.29, 0.717) is 28.2 Å². The van der Waals surface area contributed by atoms with E-state index in [1.165, 1.54) is 0 Å². The molecule has 0 amide bonds. The molecule has 0 unspecified atom stereocenters. The van der Waals surface area contributed by atoms with E-state index in [2.05, 4.69) is 19.2 Å². The molecule has 0 atom stereocenters. The lowest BCUT2D eigenvalue weighted by atomic mass is 9.83. The molecule has 1 aliphatic carbocycles. The van der Waals surface area contributed by atoms with E-state index >= 15 is 0 Å². The summed E-state index contributed by atoms with van der Waals surface area (Å²) in [5.41, 5.74) is 2.73. The van der Waals surface area contributed by atoms with Crippen molar-refractivity contribution < 1.29 is 9.59 Å². The highest BCUT2D eigenvalue weighted by Crippen LogP contribution is 2.31. The topological polar surface area (TPSA) is 46.2 Å². The Morgan fingerprint density at radius 1 is 0.857 bits per heavy atom. The summed E-state index contributed by atoms with van der Waals surface area (Å²) in [4.78, 5) is 25.3. The molecule has 3 rings (SSSR count). The molecule has 2 aromatic carbocycles. The van der Waals surface area contributed by atoms with Crippen LogP contribution in [0.25, 0.3) is 0 Å². The fourth-order valence-electron chi connectivity index (χ4n) is 2.61. The number of benzene rings is 2. The van der Waals surface area contributed by atoms with Crippen LogP contribution >= 0.6 is 0 Å². The van der Waals surface area contributed by atoms with Crippen molar-refractivity contribution in [2.45, 2.75) is 13.8 Å². The van der Waals surface area contributed by atoms with E-state index in [-0.39, 0.29) is 11.6 Å². The lowest BCUT2D eigenvalue weighted by Crippen LogP contribution is -2.23. The molecule has 106 valence electrons. The summed E-state index contributed by atoms with van der Waals surface area (Å²) < 4.78 is 0. The average molecular weight is 279 g/mol. The Morgan fingerprint density at radius 3 is 2.14 bits per heavy atom. The monoisotopic (exact) mass is 279 g/mol. The summed E-state index contributed by atoms with van der Waals surface area (Å²) in [7, 11) is 0. The third-order valence-electron chi connectivity index (χ3n) is 3.65. The number of hydrogen-bond acceptors (Lipinski definition) is 3. The Labute approximate surface area is 124 Å². The van der Waals surface area contributed by atoms with Gasteiger partial charge < -0.3 is 5.32 Å². The molecule has 0 fully saturated rings. The van der Waals surface area contributed by atoms with E-state index in [0.717, 1.165) is 12.2 Å². The maximum atomic E-state index is 12.7. The quantitative estimate of drug-likeness (QED) is 0.797. The van der Waals surface area contributed by atoms with Gasteiger partial charge in [0.15, 0.2) is 11.6 Å². The van der Waals surface area contributed by atoms with Crippen LogP contribution in [0, 0.1) is 5.92 Å². The first kappa shape index (κ1) is 13.6. The summed E-state index contributed by atoms with van der Waals surface area (Å²) in [5.74, 6) is 0.308. The Balaban J connectivity index is 2.12. The van der Waals surface area contributed by atoms with Gasteiger partial charge in [-0.1, -0.05) is 50.2 Å². The van der Waals surface area contributed by atoms with Crippen LogP contribution in [-0.2, 0) is 0 Å². The highest BCUT2D eigenvalue weighted by molar-refractivity contribution is 6.30. The van der Waals surface area contributed by atoms with Gasteiger partial charge >= 0.3 is 0 Å². The zero-order valence-electron chi connectivity index (χ0n) is 12.1. The van der Waals surface area contributed by atoms with Gasteiger partial charge in [-0.25, -0.2) is 0 Å². The predicted octanol–water partition coefficient (Wildman–Crippen LogP) is 3.53. The molecule has 3 heteroatoms. The number of anilines is 1. The van der Waals surface area contributed by atoms with Crippen molar-refractivity contribution in [3.8, 4) is 0 Å². The summed E-state index contributed by atoms with van der Waals surface area (Å²) in [6, 6.07) is 12.4. The molecular formula is C18H17NO2. The molecule has 0 aromatic heterocycles. The molecule has 1 N–H and O–H groups in total. The average Bonchev–Trinajstić information content (AvgIpc) is 2.50. The molecule has 0 saturated carbocycles. The molecule has 21 heavy (non-hydrogen) atoms. The van der Waals surface area contributed by atoms with Gasteiger partial charge in [0.1, 0.15) is 0 Å². The first-order valence-corrected chi connectivity index (χ1v) is 7.15. The molecule has 1 aliphatic rings. The van der Waals surface area contributed by atoms with Crippen LogP contribution in [-0.4, -0.2) is 18.1 Å². The van der Waals surface area contributed by atoms with E-state index in [4.69, 9.17) is 0 Å². The SMILES string of the molecule is CC(C)CNc1cccc2c1C(=O)c1ccccc1C2=O. The van der Waals surface area contributed by atoms with Crippen molar-refractivity contribution in [1.29, 1.82) is 0 Å². The summed E-state index contributed by atoms with van der Waals surface area (Å²) in [6.07, 6.45) is 0. The summed E-state index contributed by atoms with van der Waals surface area (Å²) in [5, 5.41) is 3.28. The van der Waals surface area contributed by atoms with Crippen LogP contribution in [0.2, 0.25) is 0 Å². The van der Waals surface area contributed by atoms with Gasteiger partial charge in [0.05, 0.1) is 5.56 Å². The molecule has 0 aliphatic heterocycles. The number of carbonyl (C=O) groups is 2. The molecule has 0 bridgehead atoms. The largest absolute Gasteiger partial charge is 0.384 e. The van der Waals surface area contributed by atoms with Crippen molar-refractivity contribution in [3.63, 3.8) is 0 Å². The highest BCUT2D eigenvalue weighted by atomic mass is 16.1. The maximum absolute atomic E-state index is 12.7. The predicted molar refractivity (Wildman–Crippen MR) is 83.1 cm³/mol. The second-order valence-electron chi connectivity index (χ2n) is 5.71. The molecular weight excluding hydrogens is 262 g/mol. The minimum absolute atomic E-state index is 0.0756. The molecule has 0 heterocycles. The first-order chi connectivity index (χ1) is 10.1. The molecule has 2 aromatic rings. The molecule has 0 saturated heterocycles. The number of ketones is 2. The van der Waals surface area contributed by atoms with Crippen molar-refractivity contribution in [2.24, 2.45) is 5.92 Å². The summed E-state index contributed by atoms with van der Waals surface area (Å²) in [6.45, 7) is 4.97. The number of nitrogens with one attached hydrogen (secondary N) is 1. The summed E-state index contributed by atoms with van der Waals surface area (Å²) >= 11 is 0. The maximum Gasteiger partial charge on any atom is 0.196 e. The van der Waals surface area contributed by atoms with Gasteiger partial charge in [-0.2, -0.15) is 0 Å². The van der Waals surface area contributed by atoms with E-state index in [9.17, 15) is 9.59 Å². The van der Waals surface area contributed by atoms with E-state index in [1.807, 2.05) is 12.1 Å². The van der Waals surface area contributed by atoms with Crippen LogP contribution in [0.1, 0.15) is 45.7 Å². The Hall–Kier alpha value is -2.42. The van der Waals surface area contributed by atoms with Crippen molar-refractivity contribution in [3.05, 3.63) is 64.7 Å². The van der Waals surface area contributed by atoms with Crippen molar-refractivity contribution in [2.75, 3.05) is 11.9 Å². The fraction of sp³-hybridized carbons (Fsp3) is 0.222. The minimum Gasteiger partial charge on any atom is -0.384 e. The van der Waals surface area contributed by atoms with Gasteiger partial charge in [-0.15, -0.1) is 0 Å². The number of rotatable bonds is 3. The highest BCUT2D eigenvalue weighted by Gasteiger charge is 2.31. The second kappa shape index (κ2) is 5.17. The van der Waals surface area contributed by atoms with Gasteiger partial charge in [-0.05, 0) is 12.0 Å². The van der Waals surface area contributed by atoms with Crippen LogP contribution in [0.4, 0.5) is 5.69 Å². The normalized spacial score (nSPS) is 13.1. The van der Waals surface area contributed by atoms with Crippen LogP contribution in [0.5, 0.6) is 0 Å². The fourth-order valence-corrected chi connectivity index (χ4v) is 2.61. The number of hydrogen-bond donors (Lipinski definition) is 1. The third-order valence-corrected chi connectivity index (χ3v) is 3.65. The van der Waals surface area contributed by atoms with Gasteiger partial charge in [0, 0.05) is 28.9 Å². The van der Waals surface area contributed by atoms with Crippen molar-refractivity contribution in [1.82, 2.24) is 0 Å². The number of fused-ring (bicyclic) bond motifs is 2. The zero-order chi connectivity index (χ0) is 15.0. The van der Waals surface area contributed by atoms with Crippen LogP contribution in [0.3, 0.4) is 0 Å². The van der Waals surface area contributed by atoms with E-state index < -0.39 is 0 Å². The lowest BCUT2D eigenvalue weighted by molar-refractivity contribution is 0.0979. The molecule has 3 nitrogen and oxygen atoms in total. The zero-order valence-corrected chi connectivity index (χ0v) is 12.1. The lowest BCUT2D eigenvalue weighted by Gasteiger charge is -2.21. The smallest absolute Gasteiger partial charge is 0.196 e. The van der Waals surface area contributed by atoms with Gasteiger partial charge in [-0.3, -0.25) is 9.59 Å². The van der Waals surface area contributed by atoms with Gasteiger partial charge in [0.25, 0.3) is 0 Å². The molecule has 0 spiro atoms. The van der Waals surface area contributed by atoms with Crippen LogP contribution in [0.15, 0.2) is 42.5 Å². The second-order valence-corrected chi connectivity index (χ2v) is 5.71. The number of carbonyl (C=O) groups excluding carboxylic acids is 2. The Bertz CT molecular complexity index is 732. The Kier molecular flexibility index (Phi) is 3.34. The van der Waals surface area contributed by atoms with Crippen LogP contribution < -0.4 is 5.32 Å². The standard InChI is InChI=1S/C18H17NO2/c1-11(2)10-19-15-9-5-8-14-16(15)18(21)13-7-4-3-6-12(13)17(14)20/h3-9,11,19H,10H2,1-2H3. The van der Waals surface area contributed by atoms with E-state index in [1.54, 1.807) is 30.3 Å².